The van der Waals surface area contributed by atoms with Gasteiger partial charge >= 0.3 is 5.97 Å². The highest BCUT2D eigenvalue weighted by atomic mass is 32.2. The summed E-state index contributed by atoms with van der Waals surface area (Å²) < 4.78 is 4.96. The largest absolute Gasteiger partial charge is 0.466 e. The number of hydrogen-bond donors (Lipinski definition) is 0. The fourth-order valence-corrected chi connectivity index (χ4v) is 4.37. The Bertz CT molecular complexity index is 948. The molecule has 0 atom stereocenters. The molecule has 3 aromatic rings. The minimum atomic E-state index is -0.0722. The van der Waals surface area contributed by atoms with Crippen molar-refractivity contribution in [2.45, 2.75) is 57.0 Å². The number of aromatic nitrogens is 2. The highest BCUT2D eigenvalue weighted by Crippen LogP contribution is 2.31. The molecule has 0 radical (unpaired) electrons. The van der Waals surface area contributed by atoms with E-state index in [-0.39, 0.29) is 5.97 Å². The predicted octanol–water partition coefficient (Wildman–Crippen LogP) is 7.20. The van der Waals surface area contributed by atoms with Crippen LogP contribution in [0.1, 0.15) is 51.9 Å². The summed E-state index contributed by atoms with van der Waals surface area (Å²) in [6.07, 6.45) is 9.23. The third-order valence-electron chi connectivity index (χ3n) is 5.21. The van der Waals surface area contributed by atoms with Crippen LogP contribution in [0, 0.1) is 0 Å². The minimum absolute atomic E-state index is 0.0722. The van der Waals surface area contributed by atoms with Crippen LogP contribution in [0.3, 0.4) is 0 Å². The Labute approximate surface area is 195 Å². The van der Waals surface area contributed by atoms with Gasteiger partial charge in [-0.2, -0.15) is 0 Å². The van der Waals surface area contributed by atoms with Crippen LogP contribution >= 0.6 is 11.8 Å². The molecule has 1 aromatic heterocycles. The molecule has 5 heteroatoms. The lowest BCUT2D eigenvalue weighted by Crippen LogP contribution is -2.03. The van der Waals surface area contributed by atoms with Crippen LogP contribution in [-0.2, 0) is 9.53 Å². The molecule has 0 fully saturated rings. The average Bonchev–Trinajstić information content (AvgIpc) is 2.84. The van der Waals surface area contributed by atoms with Gasteiger partial charge in [-0.3, -0.25) is 4.79 Å². The first-order chi connectivity index (χ1) is 15.8. The number of nitrogens with zero attached hydrogens (tertiary/aromatic N) is 2. The maximum Gasteiger partial charge on any atom is 0.305 e. The van der Waals surface area contributed by atoms with Crippen LogP contribution < -0.4 is 0 Å². The van der Waals surface area contributed by atoms with E-state index in [0.717, 1.165) is 52.6 Å². The van der Waals surface area contributed by atoms with Gasteiger partial charge < -0.3 is 4.74 Å². The first-order valence-electron chi connectivity index (χ1n) is 11.5. The third-order valence-corrected chi connectivity index (χ3v) is 6.16. The van der Waals surface area contributed by atoms with Crippen molar-refractivity contribution in [2.24, 2.45) is 0 Å². The zero-order valence-corrected chi connectivity index (χ0v) is 19.7. The molecular weight excluding hydrogens is 416 g/mol. The molecule has 0 aliphatic carbocycles. The van der Waals surface area contributed by atoms with Crippen molar-refractivity contribution in [3.63, 3.8) is 0 Å². The first kappa shape index (κ1) is 24.0. The summed E-state index contributed by atoms with van der Waals surface area (Å²) in [6, 6.07) is 20.6. The second-order valence-corrected chi connectivity index (χ2v) is 8.73. The fourth-order valence-electron chi connectivity index (χ4n) is 3.56. The average molecular weight is 449 g/mol. The van der Waals surface area contributed by atoms with Gasteiger partial charge in [0.2, 0.25) is 0 Å². The highest BCUT2D eigenvalue weighted by Gasteiger charge is 2.11. The smallest absolute Gasteiger partial charge is 0.305 e. The van der Waals surface area contributed by atoms with E-state index < -0.39 is 0 Å². The Morgan fingerprint density at radius 2 is 1.47 bits per heavy atom. The molecule has 0 spiro atoms. The number of ether oxygens (including phenoxy) is 1. The monoisotopic (exact) mass is 448 g/mol. The number of unbranched alkanes of at least 4 members (excludes halogenated alkanes) is 5. The SMILES string of the molecule is CCOC(=O)CCCCCCCCSc1ncc(-c2ccccc2)c(-c2ccccc2)n1. The van der Waals surface area contributed by atoms with Gasteiger partial charge in [-0.25, -0.2) is 9.97 Å². The van der Waals surface area contributed by atoms with Crippen molar-refractivity contribution in [3.8, 4) is 22.4 Å². The minimum Gasteiger partial charge on any atom is -0.466 e. The van der Waals surface area contributed by atoms with Gasteiger partial charge in [0.05, 0.1) is 12.3 Å². The summed E-state index contributed by atoms with van der Waals surface area (Å²) >= 11 is 1.73. The highest BCUT2D eigenvalue weighted by molar-refractivity contribution is 7.99. The van der Waals surface area contributed by atoms with Gasteiger partial charge in [0.25, 0.3) is 0 Å². The summed E-state index contributed by atoms with van der Waals surface area (Å²) in [5.41, 5.74) is 4.28. The van der Waals surface area contributed by atoms with Crippen molar-refractivity contribution < 1.29 is 9.53 Å². The summed E-state index contributed by atoms with van der Waals surface area (Å²) in [5, 5.41) is 0.831. The second-order valence-electron chi connectivity index (χ2n) is 7.67. The molecule has 4 nitrogen and oxygen atoms in total. The number of esters is 1. The lowest BCUT2D eigenvalue weighted by atomic mass is 10.0. The van der Waals surface area contributed by atoms with E-state index >= 15 is 0 Å². The molecule has 0 N–H and O–H groups in total. The second kappa shape index (κ2) is 13.7. The van der Waals surface area contributed by atoms with Crippen molar-refractivity contribution in [3.05, 3.63) is 66.9 Å². The van der Waals surface area contributed by atoms with Crippen molar-refractivity contribution in [2.75, 3.05) is 12.4 Å². The Hall–Kier alpha value is -2.66. The van der Waals surface area contributed by atoms with E-state index in [1.54, 1.807) is 11.8 Å². The molecule has 32 heavy (non-hydrogen) atoms. The van der Waals surface area contributed by atoms with Gasteiger partial charge in [-0.15, -0.1) is 0 Å². The lowest BCUT2D eigenvalue weighted by molar-refractivity contribution is -0.143. The Balaban J connectivity index is 1.48. The summed E-state index contributed by atoms with van der Waals surface area (Å²) in [5.74, 6) is 0.943. The summed E-state index contributed by atoms with van der Waals surface area (Å²) in [7, 11) is 0. The third kappa shape index (κ3) is 7.79. The Kier molecular flexibility index (Phi) is 10.3. The van der Waals surface area contributed by atoms with E-state index in [1.165, 1.54) is 19.3 Å². The first-order valence-corrected chi connectivity index (χ1v) is 12.5. The number of benzene rings is 2. The standard InChI is InChI=1S/C27H32N2O2S/c1-2-31-25(30)19-13-5-3-4-6-14-20-32-27-28-21-24(22-15-9-7-10-16-22)26(29-27)23-17-11-8-12-18-23/h7-12,15-18,21H,2-6,13-14,19-20H2,1H3. The zero-order valence-electron chi connectivity index (χ0n) is 18.8. The Morgan fingerprint density at radius 3 is 2.16 bits per heavy atom. The quantitative estimate of drug-likeness (QED) is 0.120. The molecule has 0 saturated carbocycles. The molecule has 2 aromatic carbocycles. The molecular formula is C27H32N2O2S. The molecule has 0 aliphatic rings. The summed E-state index contributed by atoms with van der Waals surface area (Å²) in [4.78, 5) is 20.9. The van der Waals surface area contributed by atoms with Gasteiger partial charge in [0.15, 0.2) is 5.16 Å². The number of hydrogen-bond acceptors (Lipinski definition) is 5. The van der Waals surface area contributed by atoms with Crippen molar-refractivity contribution >= 4 is 17.7 Å². The number of carbonyl (C=O) groups is 1. The van der Waals surface area contributed by atoms with Crippen LogP contribution in [0.5, 0.6) is 0 Å². The van der Waals surface area contributed by atoms with Crippen LogP contribution in [0.2, 0.25) is 0 Å². The summed E-state index contributed by atoms with van der Waals surface area (Å²) in [6.45, 7) is 2.32. The molecule has 0 amide bonds. The lowest BCUT2D eigenvalue weighted by Gasteiger charge is -2.11. The van der Waals surface area contributed by atoms with Gasteiger partial charge in [0.1, 0.15) is 0 Å². The molecule has 0 aliphatic heterocycles. The molecule has 1 heterocycles. The van der Waals surface area contributed by atoms with Crippen LogP contribution in [0.25, 0.3) is 22.4 Å². The topological polar surface area (TPSA) is 52.1 Å². The normalized spacial score (nSPS) is 10.8. The molecule has 3 rings (SSSR count). The van der Waals surface area contributed by atoms with Crippen molar-refractivity contribution in [1.29, 1.82) is 0 Å². The molecule has 0 bridgehead atoms. The number of carbonyl (C=O) groups excluding carboxylic acids is 1. The number of rotatable bonds is 13. The Morgan fingerprint density at radius 1 is 0.844 bits per heavy atom. The van der Waals surface area contributed by atoms with Gasteiger partial charge in [-0.05, 0) is 25.3 Å². The maximum absolute atomic E-state index is 11.3. The van der Waals surface area contributed by atoms with Gasteiger partial charge in [-0.1, -0.05) is 98.1 Å². The predicted molar refractivity (Wildman–Crippen MR) is 133 cm³/mol. The van der Waals surface area contributed by atoms with E-state index in [2.05, 4.69) is 29.2 Å². The maximum atomic E-state index is 11.3. The van der Waals surface area contributed by atoms with E-state index in [0.29, 0.717) is 13.0 Å². The van der Waals surface area contributed by atoms with E-state index in [4.69, 9.17) is 9.72 Å². The fraction of sp³-hybridized carbons (Fsp3) is 0.370. The zero-order chi connectivity index (χ0) is 22.4. The number of thioether (sulfide) groups is 1. The molecule has 168 valence electrons. The van der Waals surface area contributed by atoms with Crippen LogP contribution in [-0.4, -0.2) is 28.3 Å². The van der Waals surface area contributed by atoms with Crippen LogP contribution in [0.15, 0.2) is 72.0 Å². The van der Waals surface area contributed by atoms with Crippen LogP contribution in [0.4, 0.5) is 0 Å². The molecule has 0 unspecified atom stereocenters. The van der Waals surface area contributed by atoms with E-state index in [1.807, 2.05) is 49.5 Å². The van der Waals surface area contributed by atoms with E-state index in [9.17, 15) is 4.79 Å². The van der Waals surface area contributed by atoms with Crippen molar-refractivity contribution in [1.82, 2.24) is 9.97 Å². The van der Waals surface area contributed by atoms with Gasteiger partial charge in [0, 0.05) is 29.5 Å². The molecule has 0 saturated heterocycles.